The predicted octanol–water partition coefficient (Wildman–Crippen LogP) is 0.469. The van der Waals surface area contributed by atoms with E-state index >= 15 is 0 Å². The van der Waals surface area contributed by atoms with Crippen molar-refractivity contribution in [2.75, 3.05) is 45.9 Å². The number of hydrogen-bond donors (Lipinski definition) is 2. The molecule has 0 saturated carbocycles. The SMILES string of the molecule is O=C(NCC(=O)N1CC[NH+](CCOc2ccc(Cl)cc2)CC1)c1ccco1. The zero-order chi connectivity index (χ0) is 19.1. The van der Waals surface area contributed by atoms with Crippen LogP contribution in [0.5, 0.6) is 5.75 Å². The summed E-state index contributed by atoms with van der Waals surface area (Å²) in [6.45, 7) is 4.54. The third-order valence-corrected chi connectivity index (χ3v) is 4.76. The zero-order valence-corrected chi connectivity index (χ0v) is 15.7. The number of quaternary nitrogens is 1. The normalized spacial score (nSPS) is 14.8. The van der Waals surface area contributed by atoms with Gasteiger partial charge in [0, 0.05) is 5.02 Å². The number of carbonyl (C=O) groups excluding carboxylic acids is 2. The molecule has 0 aliphatic carbocycles. The smallest absolute Gasteiger partial charge is 0.287 e. The van der Waals surface area contributed by atoms with Gasteiger partial charge in [0.1, 0.15) is 18.9 Å². The lowest BCUT2D eigenvalue weighted by Crippen LogP contribution is -3.15. The lowest BCUT2D eigenvalue weighted by atomic mass is 10.3. The van der Waals surface area contributed by atoms with Crippen molar-refractivity contribution >= 4 is 23.4 Å². The molecular formula is C19H23ClN3O4+. The minimum atomic E-state index is -0.378. The number of nitrogens with one attached hydrogen (secondary N) is 2. The lowest BCUT2D eigenvalue weighted by molar-refractivity contribution is -0.904. The summed E-state index contributed by atoms with van der Waals surface area (Å²) in [4.78, 5) is 27.2. The van der Waals surface area contributed by atoms with Gasteiger partial charge in [0.15, 0.2) is 5.76 Å². The Morgan fingerprint density at radius 3 is 2.59 bits per heavy atom. The van der Waals surface area contributed by atoms with Crippen molar-refractivity contribution in [1.82, 2.24) is 10.2 Å². The van der Waals surface area contributed by atoms with Crippen LogP contribution in [0.1, 0.15) is 10.6 Å². The highest BCUT2D eigenvalue weighted by Crippen LogP contribution is 2.14. The first-order valence-corrected chi connectivity index (χ1v) is 9.31. The van der Waals surface area contributed by atoms with Crippen LogP contribution in [-0.2, 0) is 4.79 Å². The standard InChI is InChI=1S/C19H22ClN3O4/c20-15-3-5-16(6-4-15)26-13-11-22-7-9-23(10-8-22)18(24)14-21-19(25)17-2-1-12-27-17/h1-6,12H,7-11,13-14H2,(H,21,25)/p+1. The maximum Gasteiger partial charge on any atom is 0.287 e. The molecule has 144 valence electrons. The first kappa shape index (κ1) is 19.3. The van der Waals surface area contributed by atoms with Gasteiger partial charge < -0.3 is 24.3 Å². The average molecular weight is 393 g/mol. The molecule has 3 rings (SSSR count). The minimum absolute atomic E-state index is 0.0193. The molecule has 2 heterocycles. The number of hydrogen-bond acceptors (Lipinski definition) is 4. The molecule has 1 fully saturated rings. The minimum Gasteiger partial charge on any atom is -0.488 e. The van der Waals surface area contributed by atoms with Gasteiger partial charge in [0.25, 0.3) is 5.91 Å². The molecule has 0 atom stereocenters. The largest absolute Gasteiger partial charge is 0.488 e. The first-order valence-electron chi connectivity index (χ1n) is 8.93. The lowest BCUT2D eigenvalue weighted by Gasteiger charge is -2.32. The molecule has 7 nitrogen and oxygen atoms in total. The van der Waals surface area contributed by atoms with E-state index in [2.05, 4.69) is 5.32 Å². The van der Waals surface area contributed by atoms with Gasteiger partial charge in [-0.1, -0.05) is 11.6 Å². The fraction of sp³-hybridized carbons (Fsp3) is 0.368. The molecule has 2 amide bonds. The van der Waals surface area contributed by atoms with Crippen LogP contribution in [0.15, 0.2) is 47.1 Å². The summed E-state index contributed by atoms with van der Waals surface area (Å²) in [6.07, 6.45) is 1.43. The molecule has 1 aromatic carbocycles. The van der Waals surface area contributed by atoms with Crippen LogP contribution in [-0.4, -0.2) is 62.6 Å². The van der Waals surface area contributed by atoms with Crippen LogP contribution in [0.4, 0.5) is 0 Å². The van der Waals surface area contributed by atoms with Crippen LogP contribution >= 0.6 is 11.6 Å². The van der Waals surface area contributed by atoms with E-state index in [1.807, 2.05) is 12.1 Å². The second-order valence-electron chi connectivity index (χ2n) is 6.34. The van der Waals surface area contributed by atoms with Gasteiger partial charge in [0.2, 0.25) is 5.91 Å². The van der Waals surface area contributed by atoms with Gasteiger partial charge in [-0.2, -0.15) is 0 Å². The van der Waals surface area contributed by atoms with E-state index in [-0.39, 0.29) is 24.1 Å². The van der Waals surface area contributed by atoms with Gasteiger partial charge in [-0.3, -0.25) is 9.59 Å². The molecule has 27 heavy (non-hydrogen) atoms. The Bertz CT molecular complexity index is 741. The van der Waals surface area contributed by atoms with E-state index in [1.54, 1.807) is 29.2 Å². The number of halogens is 1. The number of benzene rings is 1. The molecule has 1 aliphatic heterocycles. The summed E-state index contributed by atoms with van der Waals surface area (Å²) in [5, 5.41) is 3.28. The Labute approximate surface area is 162 Å². The van der Waals surface area contributed by atoms with E-state index in [0.717, 1.165) is 25.4 Å². The third kappa shape index (κ3) is 5.74. The average Bonchev–Trinajstić information content (AvgIpc) is 3.23. The molecule has 2 aromatic rings. The predicted molar refractivity (Wildman–Crippen MR) is 100 cm³/mol. The summed E-state index contributed by atoms with van der Waals surface area (Å²) in [5.41, 5.74) is 0. The quantitative estimate of drug-likeness (QED) is 0.718. The van der Waals surface area contributed by atoms with Crippen LogP contribution in [0.25, 0.3) is 0 Å². The van der Waals surface area contributed by atoms with Crippen LogP contribution in [0, 0.1) is 0 Å². The third-order valence-electron chi connectivity index (χ3n) is 4.51. The highest BCUT2D eigenvalue weighted by atomic mass is 35.5. The van der Waals surface area contributed by atoms with Gasteiger partial charge >= 0.3 is 0 Å². The van der Waals surface area contributed by atoms with Crippen molar-refractivity contribution in [2.45, 2.75) is 0 Å². The number of nitrogens with zero attached hydrogens (tertiary/aromatic N) is 1. The first-order chi connectivity index (χ1) is 13.1. The van der Waals surface area contributed by atoms with E-state index in [1.165, 1.54) is 11.2 Å². The van der Waals surface area contributed by atoms with E-state index in [4.69, 9.17) is 20.8 Å². The molecule has 0 unspecified atom stereocenters. The summed E-state index contributed by atoms with van der Waals surface area (Å²) in [6, 6.07) is 10.5. The summed E-state index contributed by atoms with van der Waals surface area (Å²) in [7, 11) is 0. The maximum absolute atomic E-state index is 12.2. The summed E-state index contributed by atoms with van der Waals surface area (Å²) in [5.74, 6) is 0.556. The second-order valence-corrected chi connectivity index (χ2v) is 6.78. The molecule has 1 aliphatic rings. The number of rotatable bonds is 7. The second kappa shape index (κ2) is 9.43. The summed E-state index contributed by atoms with van der Waals surface area (Å²) < 4.78 is 10.7. The Balaban J connectivity index is 1.32. The Morgan fingerprint density at radius 1 is 1.19 bits per heavy atom. The molecule has 1 aromatic heterocycles. The summed E-state index contributed by atoms with van der Waals surface area (Å²) >= 11 is 5.85. The van der Waals surface area contributed by atoms with Gasteiger partial charge in [-0.25, -0.2) is 0 Å². The number of ether oxygens (including phenoxy) is 1. The van der Waals surface area contributed by atoms with E-state index < -0.39 is 0 Å². The molecule has 2 N–H and O–H groups in total. The molecule has 8 heteroatoms. The van der Waals surface area contributed by atoms with Crippen molar-refractivity contribution in [3.05, 3.63) is 53.4 Å². The maximum atomic E-state index is 12.2. The molecule has 1 saturated heterocycles. The fourth-order valence-electron chi connectivity index (χ4n) is 2.93. The highest BCUT2D eigenvalue weighted by Gasteiger charge is 2.24. The zero-order valence-electron chi connectivity index (χ0n) is 14.9. The van der Waals surface area contributed by atoms with Crippen molar-refractivity contribution in [3.8, 4) is 5.75 Å². The van der Waals surface area contributed by atoms with Crippen LogP contribution in [0.3, 0.4) is 0 Å². The number of piperazine rings is 1. The molecule has 0 spiro atoms. The van der Waals surface area contributed by atoms with Gasteiger partial charge in [-0.15, -0.1) is 0 Å². The molecule has 0 bridgehead atoms. The Hall–Kier alpha value is -2.51. The Morgan fingerprint density at radius 2 is 1.93 bits per heavy atom. The fourth-order valence-corrected chi connectivity index (χ4v) is 3.05. The van der Waals surface area contributed by atoms with E-state index in [0.29, 0.717) is 24.7 Å². The number of furan rings is 1. The van der Waals surface area contributed by atoms with E-state index in [9.17, 15) is 9.59 Å². The monoisotopic (exact) mass is 392 g/mol. The van der Waals surface area contributed by atoms with Crippen molar-refractivity contribution in [3.63, 3.8) is 0 Å². The topological polar surface area (TPSA) is 76.2 Å². The molecule has 0 radical (unpaired) electrons. The molecular weight excluding hydrogens is 370 g/mol. The van der Waals surface area contributed by atoms with Crippen LogP contribution in [0.2, 0.25) is 5.02 Å². The van der Waals surface area contributed by atoms with Crippen molar-refractivity contribution in [2.24, 2.45) is 0 Å². The van der Waals surface area contributed by atoms with Crippen molar-refractivity contribution < 1.29 is 23.6 Å². The Kier molecular flexibility index (Phi) is 6.73. The van der Waals surface area contributed by atoms with Gasteiger partial charge in [-0.05, 0) is 36.4 Å². The number of carbonyl (C=O) groups is 2. The van der Waals surface area contributed by atoms with Crippen LogP contribution < -0.4 is 15.0 Å². The number of amides is 2. The van der Waals surface area contributed by atoms with Crippen molar-refractivity contribution in [1.29, 1.82) is 0 Å². The highest BCUT2D eigenvalue weighted by molar-refractivity contribution is 6.30. The van der Waals surface area contributed by atoms with Gasteiger partial charge in [0.05, 0.1) is 39.0 Å².